The molecule has 1 fully saturated rings. The van der Waals surface area contributed by atoms with Gasteiger partial charge in [0.25, 0.3) is 0 Å². The smallest absolute Gasteiger partial charge is 0.227 e. The lowest BCUT2D eigenvalue weighted by Gasteiger charge is -2.33. The highest BCUT2D eigenvalue weighted by atomic mass is 15.3. The average molecular weight is 297 g/mol. The van der Waals surface area contributed by atoms with E-state index in [9.17, 15) is 0 Å². The SMILES string of the molecule is CCN(c1ccccc1)c1ccnc(N2CCN(C)CC2)n1. The fourth-order valence-corrected chi connectivity index (χ4v) is 2.73. The Bertz CT molecular complexity index is 593. The van der Waals surface area contributed by atoms with E-state index in [1.54, 1.807) is 0 Å². The molecule has 0 saturated carbocycles. The van der Waals surface area contributed by atoms with Gasteiger partial charge in [-0.15, -0.1) is 0 Å². The van der Waals surface area contributed by atoms with Crippen molar-refractivity contribution in [3.05, 3.63) is 42.6 Å². The highest BCUT2D eigenvalue weighted by Gasteiger charge is 2.17. The van der Waals surface area contributed by atoms with Crippen molar-refractivity contribution in [3.8, 4) is 0 Å². The third-order valence-corrected chi connectivity index (χ3v) is 4.07. The Morgan fingerprint density at radius 3 is 2.45 bits per heavy atom. The molecule has 0 radical (unpaired) electrons. The van der Waals surface area contributed by atoms with Crippen molar-refractivity contribution in [1.29, 1.82) is 0 Å². The van der Waals surface area contributed by atoms with Crippen LogP contribution >= 0.6 is 0 Å². The molecule has 22 heavy (non-hydrogen) atoms. The standard InChI is InChI=1S/C17H23N5/c1-3-22(15-7-5-4-6-8-15)16-9-10-18-17(19-16)21-13-11-20(2)12-14-21/h4-10H,3,11-14H2,1-2H3. The molecule has 0 amide bonds. The maximum Gasteiger partial charge on any atom is 0.227 e. The number of hydrogen-bond donors (Lipinski definition) is 0. The molecule has 0 aliphatic carbocycles. The van der Waals surface area contributed by atoms with Gasteiger partial charge in [0.15, 0.2) is 0 Å². The lowest BCUT2D eigenvalue weighted by atomic mass is 10.3. The second-order valence-electron chi connectivity index (χ2n) is 5.58. The van der Waals surface area contributed by atoms with Crippen LogP contribution in [0.15, 0.2) is 42.6 Å². The van der Waals surface area contributed by atoms with E-state index in [0.29, 0.717) is 0 Å². The lowest BCUT2D eigenvalue weighted by Crippen LogP contribution is -2.45. The summed E-state index contributed by atoms with van der Waals surface area (Å²) in [6.07, 6.45) is 1.86. The largest absolute Gasteiger partial charge is 0.338 e. The second-order valence-corrected chi connectivity index (χ2v) is 5.58. The van der Waals surface area contributed by atoms with E-state index in [0.717, 1.165) is 50.2 Å². The van der Waals surface area contributed by atoms with Gasteiger partial charge in [0, 0.05) is 44.6 Å². The number of anilines is 3. The molecule has 0 atom stereocenters. The Morgan fingerprint density at radius 1 is 1.05 bits per heavy atom. The van der Waals surface area contributed by atoms with Crippen molar-refractivity contribution in [1.82, 2.24) is 14.9 Å². The summed E-state index contributed by atoms with van der Waals surface area (Å²) in [6, 6.07) is 12.4. The fourth-order valence-electron chi connectivity index (χ4n) is 2.73. The van der Waals surface area contributed by atoms with Gasteiger partial charge in [-0.2, -0.15) is 4.98 Å². The summed E-state index contributed by atoms with van der Waals surface area (Å²) in [7, 11) is 2.16. The molecular formula is C17H23N5. The highest BCUT2D eigenvalue weighted by molar-refractivity contribution is 5.60. The van der Waals surface area contributed by atoms with E-state index < -0.39 is 0 Å². The van der Waals surface area contributed by atoms with Crippen LogP contribution in [0.4, 0.5) is 17.5 Å². The Morgan fingerprint density at radius 2 is 1.77 bits per heavy atom. The molecule has 1 aliphatic heterocycles. The van der Waals surface area contributed by atoms with Crippen LogP contribution in [-0.4, -0.2) is 54.6 Å². The zero-order valence-electron chi connectivity index (χ0n) is 13.3. The van der Waals surface area contributed by atoms with Gasteiger partial charge >= 0.3 is 0 Å². The number of likely N-dealkylation sites (N-methyl/N-ethyl adjacent to an activating group) is 1. The van der Waals surface area contributed by atoms with Gasteiger partial charge in [0.2, 0.25) is 5.95 Å². The second kappa shape index (κ2) is 6.75. The molecule has 116 valence electrons. The summed E-state index contributed by atoms with van der Waals surface area (Å²) in [5, 5.41) is 0. The first kappa shape index (κ1) is 14.8. The van der Waals surface area contributed by atoms with Crippen LogP contribution < -0.4 is 9.80 Å². The van der Waals surface area contributed by atoms with E-state index in [1.807, 2.05) is 18.3 Å². The Labute approximate surface area is 132 Å². The normalized spacial score (nSPS) is 15.8. The van der Waals surface area contributed by atoms with E-state index in [-0.39, 0.29) is 0 Å². The Kier molecular flexibility index (Phi) is 4.53. The third kappa shape index (κ3) is 3.20. The molecule has 0 unspecified atom stereocenters. The number of aromatic nitrogens is 2. The zero-order valence-corrected chi connectivity index (χ0v) is 13.3. The maximum atomic E-state index is 4.79. The summed E-state index contributed by atoms with van der Waals surface area (Å²) in [6.45, 7) is 7.11. The number of piperazine rings is 1. The summed E-state index contributed by atoms with van der Waals surface area (Å²) in [5.74, 6) is 1.79. The summed E-state index contributed by atoms with van der Waals surface area (Å²) in [4.78, 5) is 16.1. The van der Waals surface area contributed by atoms with Crippen LogP contribution in [-0.2, 0) is 0 Å². The average Bonchev–Trinajstić information content (AvgIpc) is 2.57. The van der Waals surface area contributed by atoms with E-state index in [2.05, 4.69) is 57.9 Å². The topological polar surface area (TPSA) is 35.5 Å². The molecule has 2 heterocycles. The first-order valence-corrected chi connectivity index (χ1v) is 7.87. The first-order valence-electron chi connectivity index (χ1n) is 7.87. The quantitative estimate of drug-likeness (QED) is 0.866. The van der Waals surface area contributed by atoms with Crippen LogP contribution in [0.2, 0.25) is 0 Å². The van der Waals surface area contributed by atoms with Crippen molar-refractivity contribution < 1.29 is 0 Å². The summed E-state index contributed by atoms with van der Waals surface area (Å²) in [5.41, 5.74) is 1.16. The number of para-hydroxylation sites is 1. The van der Waals surface area contributed by atoms with Gasteiger partial charge in [0.1, 0.15) is 5.82 Å². The maximum absolute atomic E-state index is 4.79. The molecule has 0 bridgehead atoms. The molecular weight excluding hydrogens is 274 g/mol. The van der Waals surface area contributed by atoms with Gasteiger partial charge in [-0.3, -0.25) is 0 Å². The minimum Gasteiger partial charge on any atom is -0.338 e. The molecule has 1 saturated heterocycles. The highest BCUT2D eigenvalue weighted by Crippen LogP contribution is 2.24. The summed E-state index contributed by atoms with van der Waals surface area (Å²) < 4.78 is 0. The molecule has 0 spiro atoms. The zero-order chi connectivity index (χ0) is 15.4. The van der Waals surface area contributed by atoms with Crippen LogP contribution in [0.1, 0.15) is 6.92 Å². The molecule has 0 N–H and O–H groups in total. The van der Waals surface area contributed by atoms with Gasteiger partial charge < -0.3 is 14.7 Å². The molecule has 1 aliphatic rings. The first-order chi connectivity index (χ1) is 10.8. The molecule has 3 rings (SSSR count). The Hall–Kier alpha value is -2.14. The number of benzene rings is 1. The van der Waals surface area contributed by atoms with E-state index in [4.69, 9.17) is 4.98 Å². The van der Waals surface area contributed by atoms with E-state index >= 15 is 0 Å². The number of rotatable bonds is 4. The van der Waals surface area contributed by atoms with Gasteiger partial charge in [-0.1, -0.05) is 18.2 Å². The van der Waals surface area contributed by atoms with Crippen LogP contribution in [0.25, 0.3) is 0 Å². The predicted molar refractivity (Wildman–Crippen MR) is 90.9 cm³/mol. The molecule has 2 aromatic rings. The minimum atomic E-state index is 0.833. The molecule has 5 nitrogen and oxygen atoms in total. The van der Waals surface area contributed by atoms with Gasteiger partial charge in [-0.25, -0.2) is 4.98 Å². The monoisotopic (exact) mass is 297 g/mol. The van der Waals surface area contributed by atoms with E-state index in [1.165, 1.54) is 0 Å². The van der Waals surface area contributed by atoms with Gasteiger partial charge in [0.05, 0.1) is 0 Å². The summed E-state index contributed by atoms with van der Waals surface area (Å²) >= 11 is 0. The van der Waals surface area contributed by atoms with Crippen molar-refractivity contribution in [2.75, 3.05) is 49.6 Å². The predicted octanol–water partition coefficient (Wildman–Crippen LogP) is 2.39. The van der Waals surface area contributed by atoms with Gasteiger partial charge in [-0.05, 0) is 32.2 Å². The van der Waals surface area contributed by atoms with Crippen LogP contribution in [0, 0.1) is 0 Å². The molecule has 1 aromatic carbocycles. The number of hydrogen-bond acceptors (Lipinski definition) is 5. The third-order valence-electron chi connectivity index (χ3n) is 4.07. The lowest BCUT2D eigenvalue weighted by molar-refractivity contribution is 0.311. The minimum absolute atomic E-state index is 0.833. The van der Waals surface area contributed by atoms with Crippen molar-refractivity contribution in [2.24, 2.45) is 0 Å². The Balaban J connectivity index is 1.84. The molecule has 5 heteroatoms. The van der Waals surface area contributed by atoms with Crippen molar-refractivity contribution in [3.63, 3.8) is 0 Å². The van der Waals surface area contributed by atoms with Crippen LogP contribution in [0.3, 0.4) is 0 Å². The fraction of sp³-hybridized carbons (Fsp3) is 0.412. The number of nitrogens with zero attached hydrogens (tertiary/aromatic N) is 5. The van der Waals surface area contributed by atoms with Crippen LogP contribution in [0.5, 0.6) is 0 Å². The van der Waals surface area contributed by atoms with Crippen molar-refractivity contribution in [2.45, 2.75) is 6.92 Å². The molecule has 1 aromatic heterocycles. The van der Waals surface area contributed by atoms with Crippen molar-refractivity contribution >= 4 is 17.5 Å².